The molecule has 2 aliphatic rings. The summed E-state index contributed by atoms with van der Waals surface area (Å²) < 4.78 is 0. The molecule has 1 fully saturated rings. The Morgan fingerprint density at radius 1 is 1.38 bits per heavy atom. The molecule has 0 saturated carbocycles. The first-order valence-corrected chi connectivity index (χ1v) is 5.56. The highest BCUT2D eigenvalue weighted by molar-refractivity contribution is 6.15. The first-order valence-electron chi connectivity index (χ1n) is 5.56. The highest BCUT2D eigenvalue weighted by Gasteiger charge is 2.29. The van der Waals surface area contributed by atoms with E-state index >= 15 is 0 Å². The number of nitrogens with zero attached hydrogens (tertiary/aromatic N) is 2. The number of nitrogens with one attached hydrogen (secondary N) is 1. The third-order valence-corrected chi connectivity index (χ3v) is 3.35. The zero-order chi connectivity index (χ0) is 11.7. The van der Waals surface area contributed by atoms with Crippen LogP contribution in [0.3, 0.4) is 0 Å². The van der Waals surface area contributed by atoms with Crippen molar-refractivity contribution in [3.63, 3.8) is 0 Å². The highest BCUT2D eigenvalue weighted by Crippen LogP contribution is 2.19. The van der Waals surface area contributed by atoms with E-state index in [0.29, 0.717) is 11.7 Å². The second-order valence-corrected chi connectivity index (χ2v) is 4.49. The summed E-state index contributed by atoms with van der Waals surface area (Å²) in [5.74, 6) is -0.578. The topological polar surface area (TPSA) is 52.6 Å². The van der Waals surface area contributed by atoms with Crippen LogP contribution in [0, 0.1) is 0 Å². The van der Waals surface area contributed by atoms with Gasteiger partial charge in [-0.1, -0.05) is 0 Å². The Morgan fingerprint density at radius 2 is 2.00 bits per heavy atom. The average Bonchev–Trinajstić information content (AvgIpc) is 2.58. The SMILES string of the molecule is CN1CCC(N(C)C2=CC(=O)NC2=O)CC1. The lowest BCUT2D eigenvalue weighted by atomic mass is 10.0. The van der Waals surface area contributed by atoms with Crippen molar-refractivity contribution in [1.29, 1.82) is 0 Å². The van der Waals surface area contributed by atoms with Crippen LogP contribution in [0.1, 0.15) is 12.8 Å². The Hall–Kier alpha value is -1.36. The van der Waals surface area contributed by atoms with Crippen LogP contribution >= 0.6 is 0 Å². The van der Waals surface area contributed by atoms with Crippen LogP contribution in [0.25, 0.3) is 0 Å². The molecule has 2 heterocycles. The molecular formula is C11H17N3O2. The Labute approximate surface area is 95.1 Å². The quantitative estimate of drug-likeness (QED) is 0.644. The normalized spacial score (nSPS) is 23.2. The molecule has 0 atom stereocenters. The van der Waals surface area contributed by atoms with E-state index < -0.39 is 0 Å². The minimum absolute atomic E-state index is 0.272. The second-order valence-electron chi connectivity index (χ2n) is 4.49. The molecular weight excluding hydrogens is 206 g/mol. The molecule has 0 unspecified atom stereocenters. The molecule has 1 saturated heterocycles. The van der Waals surface area contributed by atoms with Crippen molar-refractivity contribution >= 4 is 11.8 Å². The molecule has 2 aliphatic heterocycles. The van der Waals surface area contributed by atoms with E-state index in [9.17, 15) is 9.59 Å². The second kappa shape index (κ2) is 4.25. The summed E-state index contributed by atoms with van der Waals surface area (Å²) in [6.45, 7) is 2.08. The zero-order valence-electron chi connectivity index (χ0n) is 9.69. The van der Waals surface area contributed by atoms with Gasteiger partial charge in [0.15, 0.2) is 0 Å². The lowest BCUT2D eigenvalue weighted by molar-refractivity contribution is -0.124. The van der Waals surface area contributed by atoms with Crippen molar-refractivity contribution in [3.05, 3.63) is 11.8 Å². The van der Waals surface area contributed by atoms with Gasteiger partial charge in [0, 0.05) is 19.2 Å². The van der Waals surface area contributed by atoms with E-state index in [4.69, 9.17) is 0 Å². The van der Waals surface area contributed by atoms with Gasteiger partial charge in [-0.3, -0.25) is 14.9 Å². The molecule has 2 amide bonds. The largest absolute Gasteiger partial charge is 0.367 e. The van der Waals surface area contributed by atoms with Crippen LogP contribution < -0.4 is 5.32 Å². The minimum Gasteiger partial charge on any atom is -0.367 e. The van der Waals surface area contributed by atoms with Crippen molar-refractivity contribution in [1.82, 2.24) is 15.1 Å². The van der Waals surface area contributed by atoms with Crippen LogP contribution in [0.4, 0.5) is 0 Å². The van der Waals surface area contributed by atoms with Crippen molar-refractivity contribution in [2.45, 2.75) is 18.9 Å². The lowest BCUT2D eigenvalue weighted by Crippen LogP contribution is -2.43. The maximum absolute atomic E-state index is 11.5. The minimum atomic E-state index is -0.306. The van der Waals surface area contributed by atoms with Crippen molar-refractivity contribution in [3.8, 4) is 0 Å². The van der Waals surface area contributed by atoms with Crippen molar-refractivity contribution in [2.24, 2.45) is 0 Å². The monoisotopic (exact) mass is 223 g/mol. The smallest absolute Gasteiger partial charge is 0.274 e. The Morgan fingerprint density at radius 3 is 2.50 bits per heavy atom. The predicted octanol–water partition coefficient (Wildman–Crippen LogP) is -0.447. The van der Waals surface area contributed by atoms with Crippen molar-refractivity contribution in [2.75, 3.05) is 27.2 Å². The molecule has 0 aromatic heterocycles. The fourth-order valence-electron chi connectivity index (χ4n) is 2.24. The van der Waals surface area contributed by atoms with Gasteiger partial charge < -0.3 is 9.80 Å². The van der Waals surface area contributed by atoms with Crippen LogP contribution in [0.15, 0.2) is 11.8 Å². The van der Waals surface area contributed by atoms with Gasteiger partial charge in [-0.25, -0.2) is 0 Å². The summed E-state index contributed by atoms with van der Waals surface area (Å²) >= 11 is 0. The number of hydrogen-bond acceptors (Lipinski definition) is 4. The van der Waals surface area contributed by atoms with E-state index in [-0.39, 0.29) is 11.8 Å². The van der Waals surface area contributed by atoms with Crippen LogP contribution in [0.2, 0.25) is 0 Å². The number of rotatable bonds is 2. The van der Waals surface area contributed by atoms with E-state index in [1.165, 1.54) is 6.08 Å². The van der Waals surface area contributed by atoms with Gasteiger partial charge in [-0.2, -0.15) is 0 Å². The molecule has 88 valence electrons. The van der Waals surface area contributed by atoms with E-state index in [2.05, 4.69) is 17.3 Å². The Kier molecular flexibility index (Phi) is 2.96. The van der Waals surface area contributed by atoms with E-state index in [1.807, 2.05) is 11.9 Å². The molecule has 1 N–H and O–H groups in total. The fourth-order valence-corrected chi connectivity index (χ4v) is 2.24. The van der Waals surface area contributed by atoms with Gasteiger partial charge in [0.2, 0.25) is 0 Å². The maximum Gasteiger partial charge on any atom is 0.274 e. The summed E-state index contributed by atoms with van der Waals surface area (Å²) in [4.78, 5) is 26.8. The maximum atomic E-state index is 11.5. The van der Waals surface area contributed by atoms with Gasteiger partial charge in [0.25, 0.3) is 11.8 Å². The molecule has 0 radical (unpaired) electrons. The number of imide groups is 1. The summed E-state index contributed by atoms with van der Waals surface area (Å²) in [6.07, 6.45) is 3.46. The predicted molar refractivity (Wildman–Crippen MR) is 59.5 cm³/mol. The number of carbonyl (C=O) groups is 2. The number of hydrogen-bond donors (Lipinski definition) is 1. The fraction of sp³-hybridized carbons (Fsp3) is 0.636. The summed E-state index contributed by atoms with van der Waals surface area (Å²) in [5, 5.41) is 2.27. The number of amides is 2. The van der Waals surface area contributed by atoms with Crippen molar-refractivity contribution < 1.29 is 9.59 Å². The number of likely N-dealkylation sites (N-methyl/N-ethyl adjacent to an activating group) is 1. The molecule has 16 heavy (non-hydrogen) atoms. The van der Waals surface area contributed by atoms with Gasteiger partial charge in [-0.15, -0.1) is 0 Å². The Bertz CT molecular complexity index is 343. The third-order valence-electron chi connectivity index (χ3n) is 3.35. The van der Waals surface area contributed by atoms with Crippen LogP contribution in [-0.2, 0) is 9.59 Å². The molecule has 0 spiro atoms. The lowest BCUT2D eigenvalue weighted by Gasteiger charge is -2.36. The number of carbonyl (C=O) groups excluding carboxylic acids is 2. The highest BCUT2D eigenvalue weighted by atomic mass is 16.2. The molecule has 5 nitrogen and oxygen atoms in total. The summed E-state index contributed by atoms with van der Waals surface area (Å²) in [5.41, 5.74) is 0.500. The van der Waals surface area contributed by atoms with Crippen LogP contribution in [0.5, 0.6) is 0 Å². The standard InChI is InChI=1S/C11H17N3O2/c1-13-5-3-8(4-6-13)14(2)9-7-10(15)12-11(9)16/h7-8H,3-6H2,1-2H3,(H,12,15,16). The number of likely N-dealkylation sites (tertiary alicyclic amines) is 1. The third kappa shape index (κ3) is 2.09. The summed E-state index contributed by atoms with van der Waals surface area (Å²) in [7, 11) is 3.99. The summed E-state index contributed by atoms with van der Waals surface area (Å²) in [6, 6.07) is 0.360. The van der Waals surface area contributed by atoms with E-state index in [1.54, 1.807) is 0 Å². The van der Waals surface area contributed by atoms with Gasteiger partial charge in [-0.05, 0) is 33.0 Å². The van der Waals surface area contributed by atoms with Gasteiger partial charge in [0.1, 0.15) is 5.70 Å². The zero-order valence-corrected chi connectivity index (χ0v) is 9.69. The van der Waals surface area contributed by atoms with Gasteiger partial charge in [0.05, 0.1) is 0 Å². The molecule has 0 bridgehead atoms. The number of piperidine rings is 1. The molecule has 0 aliphatic carbocycles. The molecule has 2 rings (SSSR count). The first kappa shape index (κ1) is 11.1. The molecule has 5 heteroatoms. The van der Waals surface area contributed by atoms with Crippen LogP contribution in [-0.4, -0.2) is 54.8 Å². The van der Waals surface area contributed by atoms with Gasteiger partial charge >= 0.3 is 0 Å². The average molecular weight is 223 g/mol. The molecule has 0 aromatic rings. The first-order chi connectivity index (χ1) is 7.58. The Balaban J connectivity index is 2.02. The molecule has 0 aromatic carbocycles. The van der Waals surface area contributed by atoms with E-state index in [0.717, 1.165) is 25.9 Å².